The van der Waals surface area contributed by atoms with Crippen molar-refractivity contribution in [1.82, 2.24) is 4.90 Å². The molecule has 0 aromatic heterocycles. The van der Waals surface area contributed by atoms with Gasteiger partial charge in [0.1, 0.15) is 12.6 Å². The minimum absolute atomic E-state index is 0.0177. The molecule has 1 atom stereocenters. The molecule has 1 aromatic carbocycles. The van der Waals surface area contributed by atoms with Gasteiger partial charge >= 0.3 is 5.97 Å². The number of benzene rings is 1. The molecule has 0 spiro atoms. The van der Waals surface area contributed by atoms with E-state index in [0.29, 0.717) is 19.4 Å². The molecule has 0 aliphatic heterocycles. The molecule has 0 radical (unpaired) electrons. The topological polar surface area (TPSA) is 66.8 Å². The van der Waals surface area contributed by atoms with E-state index in [9.17, 15) is 9.59 Å². The Balaban J connectivity index is 2.45. The third-order valence-corrected chi connectivity index (χ3v) is 2.77. The van der Waals surface area contributed by atoms with E-state index in [0.717, 1.165) is 5.56 Å². The third-order valence-electron chi connectivity index (χ3n) is 2.77. The van der Waals surface area contributed by atoms with Gasteiger partial charge < -0.3 is 14.7 Å². The Morgan fingerprint density at radius 2 is 2.11 bits per heavy atom. The van der Waals surface area contributed by atoms with Gasteiger partial charge in [-0.05, 0) is 18.9 Å². The van der Waals surface area contributed by atoms with E-state index in [1.54, 1.807) is 6.92 Å². The fourth-order valence-corrected chi connectivity index (χ4v) is 1.58. The Bertz CT molecular complexity index is 394. The summed E-state index contributed by atoms with van der Waals surface area (Å²) in [6.45, 7) is 2.12. The molecular formula is C14H19NO4. The number of aliphatic hydroxyl groups is 1. The number of esters is 1. The van der Waals surface area contributed by atoms with E-state index in [1.807, 2.05) is 30.3 Å². The number of rotatable bonds is 8. The number of carbonyl (C=O) groups excluding carboxylic acids is 2. The van der Waals surface area contributed by atoms with Gasteiger partial charge in [0.25, 0.3) is 0 Å². The molecule has 0 bridgehead atoms. The van der Waals surface area contributed by atoms with Crippen LogP contribution in [0.3, 0.4) is 0 Å². The minimum Gasteiger partial charge on any atom is -0.459 e. The molecule has 5 heteroatoms. The van der Waals surface area contributed by atoms with Gasteiger partial charge in [-0.2, -0.15) is 0 Å². The van der Waals surface area contributed by atoms with Crippen LogP contribution in [0, 0.1) is 0 Å². The van der Waals surface area contributed by atoms with Crippen molar-refractivity contribution in [2.75, 3.05) is 13.2 Å². The maximum absolute atomic E-state index is 11.8. The SMILES string of the molecule is CC(C(=O)OCc1ccccc1)N(C=O)CCCO. The minimum atomic E-state index is -0.646. The van der Waals surface area contributed by atoms with E-state index < -0.39 is 12.0 Å². The van der Waals surface area contributed by atoms with E-state index >= 15 is 0 Å². The largest absolute Gasteiger partial charge is 0.459 e. The van der Waals surface area contributed by atoms with Gasteiger partial charge in [-0.15, -0.1) is 0 Å². The molecule has 19 heavy (non-hydrogen) atoms. The zero-order valence-electron chi connectivity index (χ0n) is 11.0. The number of aliphatic hydroxyl groups excluding tert-OH is 1. The Morgan fingerprint density at radius 1 is 1.42 bits per heavy atom. The van der Waals surface area contributed by atoms with Crippen LogP contribution in [0.15, 0.2) is 30.3 Å². The fraction of sp³-hybridized carbons (Fsp3) is 0.429. The first-order valence-corrected chi connectivity index (χ1v) is 6.21. The van der Waals surface area contributed by atoms with Crippen LogP contribution in [-0.2, 0) is 20.9 Å². The lowest BCUT2D eigenvalue weighted by Crippen LogP contribution is -2.39. The molecule has 0 fully saturated rings. The molecule has 1 N–H and O–H groups in total. The summed E-state index contributed by atoms with van der Waals surface area (Å²) in [5.74, 6) is -0.450. The molecule has 1 rings (SSSR count). The summed E-state index contributed by atoms with van der Waals surface area (Å²) in [7, 11) is 0. The van der Waals surface area contributed by atoms with Gasteiger partial charge in [0, 0.05) is 13.2 Å². The number of amides is 1. The Morgan fingerprint density at radius 3 is 2.68 bits per heavy atom. The second kappa shape index (κ2) is 8.26. The lowest BCUT2D eigenvalue weighted by molar-refractivity contribution is -0.152. The maximum Gasteiger partial charge on any atom is 0.328 e. The quantitative estimate of drug-likeness (QED) is 0.561. The normalized spacial score (nSPS) is 11.7. The second-order valence-corrected chi connectivity index (χ2v) is 4.19. The molecule has 0 aliphatic carbocycles. The summed E-state index contributed by atoms with van der Waals surface area (Å²) in [6.07, 6.45) is 1.04. The monoisotopic (exact) mass is 265 g/mol. The van der Waals surface area contributed by atoms with Gasteiger partial charge in [-0.1, -0.05) is 30.3 Å². The first-order valence-electron chi connectivity index (χ1n) is 6.21. The zero-order chi connectivity index (χ0) is 14.1. The van der Waals surface area contributed by atoms with Crippen molar-refractivity contribution in [1.29, 1.82) is 0 Å². The van der Waals surface area contributed by atoms with E-state index in [4.69, 9.17) is 9.84 Å². The number of carbonyl (C=O) groups is 2. The molecule has 0 saturated heterocycles. The summed E-state index contributed by atoms with van der Waals surface area (Å²) in [5.41, 5.74) is 0.899. The average Bonchev–Trinajstić information content (AvgIpc) is 2.46. The van der Waals surface area contributed by atoms with Crippen LogP contribution in [0.2, 0.25) is 0 Å². The summed E-state index contributed by atoms with van der Waals surface area (Å²) in [6, 6.07) is 8.70. The lowest BCUT2D eigenvalue weighted by atomic mass is 10.2. The van der Waals surface area contributed by atoms with Crippen molar-refractivity contribution in [3.8, 4) is 0 Å². The first-order chi connectivity index (χ1) is 9.19. The zero-order valence-corrected chi connectivity index (χ0v) is 11.0. The fourth-order valence-electron chi connectivity index (χ4n) is 1.58. The van der Waals surface area contributed by atoms with Crippen LogP contribution in [0.25, 0.3) is 0 Å². The highest BCUT2D eigenvalue weighted by Gasteiger charge is 2.20. The Kier molecular flexibility index (Phi) is 6.60. The molecule has 0 heterocycles. The molecule has 1 unspecified atom stereocenters. The number of nitrogens with zero attached hydrogens (tertiary/aromatic N) is 1. The summed E-state index contributed by atoms with van der Waals surface area (Å²) >= 11 is 0. The van der Waals surface area contributed by atoms with Crippen molar-refractivity contribution in [2.24, 2.45) is 0 Å². The summed E-state index contributed by atoms with van der Waals surface area (Å²) in [5, 5.41) is 8.72. The van der Waals surface area contributed by atoms with Crippen molar-refractivity contribution >= 4 is 12.4 Å². The average molecular weight is 265 g/mol. The molecule has 1 aromatic rings. The number of ether oxygens (including phenoxy) is 1. The predicted molar refractivity (Wildman–Crippen MR) is 70.2 cm³/mol. The standard InChI is InChI=1S/C14H19NO4/c1-12(15(11-17)8-5-9-16)14(18)19-10-13-6-3-2-4-7-13/h2-4,6-7,11-12,16H,5,8-10H2,1H3. The molecule has 0 saturated carbocycles. The van der Waals surface area contributed by atoms with Crippen molar-refractivity contribution in [2.45, 2.75) is 26.0 Å². The Labute approximate surface area is 112 Å². The highest BCUT2D eigenvalue weighted by atomic mass is 16.5. The maximum atomic E-state index is 11.8. The van der Waals surface area contributed by atoms with Gasteiger partial charge in [0.15, 0.2) is 0 Å². The van der Waals surface area contributed by atoms with Gasteiger partial charge in [-0.25, -0.2) is 4.79 Å². The highest BCUT2D eigenvalue weighted by molar-refractivity contribution is 5.77. The van der Waals surface area contributed by atoms with Crippen LogP contribution in [-0.4, -0.2) is 41.6 Å². The van der Waals surface area contributed by atoms with Crippen molar-refractivity contribution < 1.29 is 19.4 Å². The lowest BCUT2D eigenvalue weighted by Gasteiger charge is -2.23. The van der Waals surface area contributed by atoms with E-state index in [1.165, 1.54) is 4.90 Å². The van der Waals surface area contributed by atoms with Gasteiger partial charge in [0.2, 0.25) is 6.41 Å². The first kappa shape index (κ1) is 15.2. The van der Waals surface area contributed by atoms with Gasteiger partial charge in [0.05, 0.1) is 0 Å². The van der Waals surface area contributed by atoms with Crippen LogP contribution in [0.5, 0.6) is 0 Å². The van der Waals surface area contributed by atoms with Crippen molar-refractivity contribution in [3.63, 3.8) is 0 Å². The predicted octanol–water partition coefficient (Wildman–Crippen LogP) is 0.959. The molecule has 0 aliphatic rings. The third kappa shape index (κ3) is 5.09. The highest BCUT2D eigenvalue weighted by Crippen LogP contribution is 2.05. The summed E-state index contributed by atoms with van der Waals surface area (Å²) in [4.78, 5) is 24.0. The van der Waals surface area contributed by atoms with Gasteiger partial charge in [-0.3, -0.25) is 4.79 Å². The molecule has 1 amide bonds. The molecular weight excluding hydrogens is 246 g/mol. The van der Waals surface area contributed by atoms with Crippen LogP contribution < -0.4 is 0 Å². The van der Waals surface area contributed by atoms with E-state index in [-0.39, 0.29) is 13.2 Å². The second-order valence-electron chi connectivity index (χ2n) is 4.19. The Hall–Kier alpha value is -1.88. The van der Waals surface area contributed by atoms with Crippen molar-refractivity contribution in [3.05, 3.63) is 35.9 Å². The van der Waals surface area contributed by atoms with E-state index in [2.05, 4.69) is 0 Å². The number of hydrogen-bond donors (Lipinski definition) is 1. The smallest absolute Gasteiger partial charge is 0.328 e. The molecule has 5 nitrogen and oxygen atoms in total. The van der Waals surface area contributed by atoms with Crippen LogP contribution >= 0.6 is 0 Å². The molecule has 104 valence electrons. The van der Waals surface area contributed by atoms with Crippen LogP contribution in [0.1, 0.15) is 18.9 Å². The summed E-state index contributed by atoms with van der Waals surface area (Å²) < 4.78 is 5.15. The van der Waals surface area contributed by atoms with Crippen LogP contribution in [0.4, 0.5) is 0 Å². The number of hydrogen-bond acceptors (Lipinski definition) is 4.